The van der Waals surface area contributed by atoms with Gasteiger partial charge in [0.1, 0.15) is 18.0 Å². The molecule has 0 spiro atoms. The third-order valence-electron chi connectivity index (χ3n) is 4.58. The van der Waals surface area contributed by atoms with E-state index in [-0.39, 0.29) is 23.1 Å². The van der Waals surface area contributed by atoms with Crippen molar-refractivity contribution in [3.05, 3.63) is 62.5 Å². The van der Waals surface area contributed by atoms with E-state index in [4.69, 9.17) is 21.7 Å². The molecule has 0 aromatic heterocycles. The van der Waals surface area contributed by atoms with E-state index in [1.807, 2.05) is 6.92 Å². The third kappa shape index (κ3) is 5.04. The number of thiocarbonyl (C=S) groups is 1. The second-order valence-corrected chi connectivity index (χ2v) is 8.27. The fourth-order valence-electron chi connectivity index (χ4n) is 2.95. The van der Waals surface area contributed by atoms with Crippen LogP contribution in [0.5, 0.6) is 11.5 Å². The number of hydrogen-bond acceptors (Lipinski definition) is 5. The molecule has 0 atom stereocenters. The lowest BCUT2D eigenvalue weighted by atomic mass is 10.1. The predicted molar refractivity (Wildman–Crippen MR) is 127 cm³/mol. The van der Waals surface area contributed by atoms with E-state index in [0.717, 1.165) is 9.13 Å². The van der Waals surface area contributed by atoms with Gasteiger partial charge in [-0.3, -0.25) is 19.4 Å². The van der Waals surface area contributed by atoms with Gasteiger partial charge < -0.3 is 9.47 Å². The van der Waals surface area contributed by atoms with Crippen molar-refractivity contribution in [3.63, 3.8) is 0 Å². The first-order valence-electron chi connectivity index (χ1n) is 9.38. The number of carbonyl (C=O) groups excluding carboxylic acids is 2. The molecule has 1 heterocycles. The monoisotopic (exact) mass is 554 g/mol. The van der Waals surface area contributed by atoms with Crippen molar-refractivity contribution in [2.75, 3.05) is 20.7 Å². The van der Waals surface area contributed by atoms with Crippen LogP contribution in [-0.4, -0.2) is 47.4 Å². The number of rotatable bonds is 6. The molecule has 0 saturated carbocycles. The Morgan fingerprint density at radius 1 is 1.06 bits per heavy atom. The average Bonchev–Trinajstić information content (AvgIpc) is 2.75. The van der Waals surface area contributed by atoms with E-state index in [2.05, 4.69) is 22.6 Å². The number of ether oxygens (including phenoxy) is 2. The predicted octanol–water partition coefficient (Wildman–Crippen LogP) is 4.01. The van der Waals surface area contributed by atoms with E-state index in [1.54, 1.807) is 24.3 Å². The summed E-state index contributed by atoms with van der Waals surface area (Å²) in [6.45, 7) is 2.49. The van der Waals surface area contributed by atoms with E-state index in [9.17, 15) is 14.0 Å². The van der Waals surface area contributed by atoms with Crippen LogP contribution < -0.4 is 9.47 Å². The lowest BCUT2D eigenvalue weighted by Gasteiger charge is -2.31. The minimum atomic E-state index is -0.460. The van der Waals surface area contributed by atoms with Gasteiger partial charge in [-0.25, -0.2) is 4.39 Å². The summed E-state index contributed by atoms with van der Waals surface area (Å²) in [6.07, 6.45) is 1.52. The molecule has 2 aromatic carbocycles. The zero-order valence-corrected chi connectivity index (χ0v) is 20.1. The van der Waals surface area contributed by atoms with Crippen LogP contribution in [-0.2, 0) is 16.2 Å². The first-order chi connectivity index (χ1) is 14.7. The maximum atomic E-state index is 13.1. The molecular weight excluding hydrogens is 534 g/mol. The van der Waals surface area contributed by atoms with Crippen molar-refractivity contribution in [1.82, 2.24) is 9.80 Å². The highest BCUT2D eigenvalue weighted by molar-refractivity contribution is 14.1. The van der Waals surface area contributed by atoms with E-state index in [1.165, 1.54) is 42.1 Å². The fraction of sp³-hybridized carbons (Fsp3) is 0.227. The minimum absolute atomic E-state index is 0.0110. The number of amides is 2. The van der Waals surface area contributed by atoms with Crippen LogP contribution in [0.1, 0.15) is 18.1 Å². The van der Waals surface area contributed by atoms with Gasteiger partial charge in [0.05, 0.1) is 10.2 Å². The van der Waals surface area contributed by atoms with Crippen LogP contribution in [0.15, 0.2) is 42.0 Å². The Morgan fingerprint density at radius 2 is 1.68 bits per heavy atom. The first-order valence-corrected chi connectivity index (χ1v) is 10.9. The molecule has 1 aliphatic heterocycles. The van der Waals surface area contributed by atoms with Crippen molar-refractivity contribution >= 4 is 57.8 Å². The van der Waals surface area contributed by atoms with Crippen LogP contribution >= 0.6 is 34.8 Å². The molecule has 1 aliphatic rings. The number of hydrogen-bond donors (Lipinski definition) is 0. The number of benzene rings is 2. The highest BCUT2D eigenvalue weighted by Gasteiger charge is 2.35. The number of carbonyl (C=O) groups is 2. The Labute approximate surface area is 198 Å². The molecule has 2 amide bonds. The van der Waals surface area contributed by atoms with Gasteiger partial charge >= 0.3 is 0 Å². The summed E-state index contributed by atoms with van der Waals surface area (Å²) in [4.78, 5) is 27.7. The van der Waals surface area contributed by atoms with Gasteiger partial charge in [-0.1, -0.05) is 12.1 Å². The van der Waals surface area contributed by atoms with Crippen molar-refractivity contribution in [3.8, 4) is 11.5 Å². The number of likely N-dealkylation sites (N-methyl/N-ethyl adjacent to an activating group) is 2. The Balaban J connectivity index is 1.93. The summed E-state index contributed by atoms with van der Waals surface area (Å²) in [7, 11) is 3.06. The molecule has 0 unspecified atom stereocenters. The number of halogens is 2. The van der Waals surface area contributed by atoms with E-state index >= 15 is 0 Å². The Hall–Kier alpha value is -2.53. The van der Waals surface area contributed by atoms with Crippen LogP contribution in [0.25, 0.3) is 6.08 Å². The molecule has 1 fully saturated rings. The van der Waals surface area contributed by atoms with Gasteiger partial charge in [0.25, 0.3) is 11.8 Å². The van der Waals surface area contributed by atoms with Gasteiger partial charge in [0.15, 0.2) is 16.6 Å². The van der Waals surface area contributed by atoms with E-state index in [0.29, 0.717) is 23.7 Å². The van der Waals surface area contributed by atoms with Crippen LogP contribution in [0.4, 0.5) is 4.39 Å². The average molecular weight is 554 g/mol. The zero-order valence-electron chi connectivity index (χ0n) is 17.1. The molecule has 0 radical (unpaired) electrons. The summed E-state index contributed by atoms with van der Waals surface area (Å²) in [5, 5.41) is 0.154. The van der Waals surface area contributed by atoms with Gasteiger partial charge in [0.2, 0.25) is 0 Å². The van der Waals surface area contributed by atoms with Crippen LogP contribution in [0, 0.1) is 9.39 Å². The SMILES string of the molecule is CCOc1cc(C=C2C(=O)N(C)C(=S)N(C)C2=O)cc(I)c1OCc1ccc(F)cc1. The lowest BCUT2D eigenvalue weighted by molar-refractivity contribution is -0.132. The molecule has 3 rings (SSSR count). The van der Waals surface area contributed by atoms with Gasteiger partial charge in [0, 0.05) is 14.1 Å². The van der Waals surface area contributed by atoms with Crippen molar-refractivity contribution in [2.24, 2.45) is 0 Å². The van der Waals surface area contributed by atoms with Gasteiger partial charge in [-0.05, 0) is 83.2 Å². The van der Waals surface area contributed by atoms with Crippen LogP contribution in [0.3, 0.4) is 0 Å². The molecule has 31 heavy (non-hydrogen) atoms. The highest BCUT2D eigenvalue weighted by atomic mass is 127. The normalized spacial score (nSPS) is 14.2. The smallest absolute Gasteiger partial charge is 0.265 e. The summed E-state index contributed by atoms with van der Waals surface area (Å²) >= 11 is 7.23. The quantitative estimate of drug-likeness (QED) is 0.234. The molecule has 9 heteroatoms. The largest absolute Gasteiger partial charge is 0.490 e. The summed E-state index contributed by atoms with van der Waals surface area (Å²) in [5.74, 6) is -0.216. The summed E-state index contributed by atoms with van der Waals surface area (Å²) in [5.41, 5.74) is 1.44. The fourth-order valence-corrected chi connectivity index (χ4v) is 3.90. The first kappa shape index (κ1) is 23.1. The van der Waals surface area contributed by atoms with E-state index < -0.39 is 11.8 Å². The third-order valence-corrected chi connectivity index (χ3v) is 5.93. The van der Waals surface area contributed by atoms with Crippen molar-refractivity contribution in [1.29, 1.82) is 0 Å². The lowest BCUT2D eigenvalue weighted by Crippen LogP contribution is -2.52. The van der Waals surface area contributed by atoms with Crippen LogP contribution in [0.2, 0.25) is 0 Å². The number of nitrogens with zero attached hydrogens (tertiary/aromatic N) is 2. The molecule has 0 N–H and O–H groups in total. The molecule has 2 aromatic rings. The second kappa shape index (κ2) is 9.73. The molecular formula is C22H20FIN2O4S. The Bertz CT molecular complexity index is 1050. The van der Waals surface area contributed by atoms with Crippen molar-refractivity contribution < 1.29 is 23.5 Å². The topological polar surface area (TPSA) is 59.1 Å². The summed E-state index contributed by atoms with van der Waals surface area (Å²) in [6, 6.07) is 9.56. The maximum Gasteiger partial charge on any atom is 0.265 e. The molecule has 162 valence electrons. The molecule has 0 aliphatic carbocycles. The Morgan fingerprint density at radius 3 is 2.26 bits per heavy atom. The molecule has 0 bridgehead atoms. The second-order valence-electron chi connectivity index (χ2n) is 6.75. The zero-order chi connectivity index (χ0) is 22.7. The molecule has 6 nitrogen and oxygen atoms in total. The minimum Gasteiger partial charge on any atom is -0.490 e. The standard InChI is InChI=1S/C22H20FIN2O4S/c1-4-29-18-11-14(9-16-20(27)25(2)22(31)26(3)21(16)28)10-17(24)19(18)30-12-13-5-7-15(23)8-6-13/h5-11H,4,12H2,1-3H3. The maximum absolute atomic E-state index is 13.1. The highest BCUT2D eigenvalue weighted by Crippen LogP contribution is 2.36. The summed E-state index contributed by atoms with van der Waals surface area (Å²) < 4.78 is 25.5. The Kier molecular flexibility index (Phi) is 7.26. The van der Waals surface area contributed by atoms with Gasteiger partial charge in [-0.2, -0.15) is 0 Å². The molecule has 1 saturated heterocycles. The van der Waals surface area contributed by atoms with Crippen molar-refractivity contribution in [2.45, 2.75) is 13.5 Å². The van der Waals surface area contributed by atoms with Gasteiger partial charge in [-0.15, -0.1) is 0 Å².